The molecule has 182 valence electrons. The number of nitrogens with one attached hydrogen (secondary N) is 3. The summed E-state index contributed by atoms with van der Waals surface area (Å²) in [5.74, 6) is 0.0966. The number of ether oxygens (including phenoxy) is 1. The average Bonchev–Trinajstić information content (AvgIpc) is 2.91. The van der Waals surface area contributed by atoms with Crippen LogP contribution < -0.4 is 20.7 Å². The van der Waals surface area contributed by atoms with E-state index in [9.17, 15) is 9.59 Å². The maximum Gasteiger partial charge on any atom is 0.257 e. The number of carbonyl (C=O) groups excluding carboxylic acids is 2. The normalized spacial score (nSPS) is 11.3. The van der Waals surface area contributed by atoms with E-state index in [1.165, 1.54) is 0 Å². The van der Waals surface area contributed by atoms with Crippen molar-refractivity contribution in [3.05, 3.63) is 114 Å². The molecule has 1 unspecified atom stereocenters. The fourth-order valence-corrected chi connectivity index (χ4v) is 3.51. The van der Waals surface area contributed by atoms with Gasteiger partial charge in [0.15, 0.2) is 0 Å². The van der Waals surface area contributed by atoms with Crippen LogP contribution in [0.25, 0.3) is 0 Å². The predicted molar refractivity (Wildman–Crippen MR) is 145 cm³/mol. The van der Waals surface area contributed by atoms with E-state index >= 15 is 0 Å². The van der Waals surface area contributed by atoms with Gasteiger partial charge in [0.05, 0.1) is 17.4 Å². The second kappa shape index (κ2) is 11.7. The van der Waals surface area contributed by atoms with Gasteiger partial charge in [-0.05, 0) is 86.1 Å². The lowest BCUT2D eigenvalue weighted by Gasteiger charge is -2.14. The lowest BCUT2D eigenvalue weighted by Crippen LogP contribution is -2.18. The number of rotatable bonds is 9. The first-order valence-corrected chi connectivity index (χ1v) is 11.9. The summed E-state index contributed by atoms with van der Waals surface area (Å²) < 4.78 is 5.77. The second-order valence-corrected chi connectivity index (χ2v) is 8.38. The Kier molecular flexibility index (Phi) is 7.98. The maximum atomic E-state index is 13.0. The highest BCUT2D eigenvalue weighted by Crippen LogP contribution is 2.22. The van der Waals surface area contributed by atoms with Crippen LogP contribution in [0, 0.1) is 0 Å². The molecule has 4 rings (SSSR count). The van der Waals surface area contributed by atoms with Crippen molar-refractivity contribution in [2.45, 2.75) is 26.4 Å². The van der Waals surface area contributed by atoms with Gasteiger partial charge in [-0.3, -0.25) is 9.59 Å². The minimum absolute atomic E-state index is 0.103. The number of para-hydroxylation sites is 2. The Labute approximate surface area is 211 Å². The fraction of sp³-hybridized carbons (Fsp3) is 0.133. The van der Waals surface area contributed by atoms with Crippen molar-refractivity contribution in [2.24, 2.45) is 0 Å². The molecule has 0 heterocycles. The molecule has 2 amide bonds. The lowest BCUT2D eigenvalue weighted by molar-refractivity contribution is 0.102. The molecule has 0 radical (unpaired) electrons. The predicted octanol–water partition coefficient (Wildman–Crippen LogP) is 7.11. The van der Waals surface area contributed by atoms with E-state index in [1.54, 1.807) is 48.5 Å². The lowest BCUT2D eigenvalue weighted by atomic mass is 10.1. The third kappa shape index (κ3) is 6.51. The molecular weight excluding hydrogens is 450 g/mol. The van der Waals surface area contributed by atoms with Crippen LogP contribution in [0.3, 0.4) is 0 Å². The van der Waals surface area contributed by atoms with Gasteiger partial charge in [0.2, 0.25) is 0 Å². The molecular formula is C30H29N3O3. The van der Waals surface area contributed by atoms with Gasteiger partial charge in [0, 0.05) is 22.6 Å². The summed E-state index contributed by atoms with van der Waals surface area (Å²) in [5.41, 5.74) is 3.82. The van der Waals surface area contributed by atoms with Gasteiger partial charge in [-0.2, -0.15) is 0 Å². The summed E-state index contributed by atoms with van der Waals surface area (Å²) in [6.07, 6.45) is 1.00. The molecule has 3 N–H and O–H groups in total. The van der Waals surface area contributed by atoms with Crippen LogP contribution in [0.5, 0.6) is 5.75 Å². The zero-order valence-electron chi connectivity index (χ0n) is 20.3. The van der Waals surface area contributed by atoms with E-state index < -0.39 is 0 Å². The Bertz CT molecular complexity index is 1300. The molecule has 6 heteroatoms. The van der Waals surface area contributed by atoms with Gasteiger partial charge < -0.3 is 20.7 Å². The number of anilines is 4. The highest BCUT2D eigenvalue weighted by molar-refractivity contribution is 6.12. The summed E-state index contributed by atoms with van der Waals surface area (Å²) in [6, 6.07) is 31.2. The second-order valence-electron chi connectivity index (χ2n) is 8.38. The van der Waals surface area contributed by atoms with E-state index in [0.29, 0.717) is 28.3 Å². The van der Waals surface area contributed by atoms with Crippen molar-refractivity contribution < 1.29 is 14.3 Å². The number of carbonyl (C=O) groups is 2. The van der Waals surface area contributed by atoms with Gasteiger partial charge in [0.1, 0.15) is 5.75 Å². The maximum absolute atomic E-state index is 13.0. The van der Waals surface area contributed by atoms with E-state index in [4.69, 9.17) is 4.74 Å². The molecule has 1 atom stereocenters. The molecule has 0 saturated carbocycles. The summed E-state index contributed by atoms with van der Waals surface area (Å²) in [6.45, 7) is 4.05. The van der Waals surface area contributed by atoms with Gasteiger partial charge in [0.25, 0.3) is 11.8 Å². The molecule has 0 aromatic heterocycles. The molecule has 0 spiro atoms. The van der Waals surface area contributed by atoms with Gasteiger partial charge in [-0.25, -0.2) is 0 Å². The van der Waals surface area contributed by atoms with Crippen LogP contribution in [-0.2, 0) is 0 Å². The van der Waals surface area contributed by atoms with Crippen molar-refractivity contribution in [3.63, 3.8) is 0 Å². The van der Waals surface area contributed by atoms with Crippen LogP contribution >= 0.6 is 0 Å². The molecule has 0 fully saturated rings. The van der Waals surface area contributed by atoms with Gasteiger partial charge in [-0.1, -0.05) is 37.3 Å². The third-order valence-electron chi connectivity index (χ3n) is 5.65. The smallest absolute Gasteiger partial charge is 0.257 e. The highest BCUT2D eigenvalue weighted by Gasteiger charge is 2.15. The van der Waals surface area contributed by atoms with Gasteiger partial charge >= 0.3 is 0 Å². The molecule has 4 aromatic carbocycles. The summed E-state index contributed by atoms with van der Waals surface area (Å²) >= 11 is 0. The molecule has 0 saturated heterocycles. The Morgan fingerprint density at radius 3 is 2.00 bits per heavy atom. The summed E-state index contributed by atoms with van der Waals surface area (Å²) in [4.78, 5) is 25.8. The Morgan fingerprint density at radius 1 is 0.694 bits per heavy atom. The van der Waals surface area contributed by atoms with Gasteiger partial charge in [-0.15, -0.1) is 0 Å². The van der Waals surface area contributed by atoms with Crippen LogP contribution in [0.15, 0.2) is 103 Å². The standard InChI is InChI=1S/C30H29N3O3/c1-3-21(2)36-26-19-13-22(14-20-26)29(34)33-28-12-8-7-11-27(28)30(35)32-25-17-15-24(16-18-25)31-23-9-5-4-6-10-23/h4-21,31H,3H2,1-2H3,(H,32,35)(H,33,34). The SMILES string of the molecule is CCC(C)Oc1ccc(C(=O)Nc2ccccc2C(=O)Nc2ccc(Nc3ccccc3)cc2)cc1. The molecule has 6 nitrogen and oxygen atoms in total. The first kappa shape index (κ1) is 24.5. The molecule has 0 aliphatic carbocycles. The van der Waals surface area contributed by atoms with E-state index in [-0.39, 0.29) is 17.9 Å². The molecule has 4 aromatic rings. The topological polar surface area (TPSA) is 79.5 Å². The summed E-state index contributed by atoms with van der Waals surface area (Å²) in [7, 11) is 0. The highest BCUT2D eigenvalue weighted by atomic mass is 16.5. The monoisotopic (exact) mass is 479 g/mol. The number of hydrogen-bond donors (Lipinski definition) is 3. The average molecular weight is 480 g/mol. The minimum Gasteiger partial charge on any atom is -0.491 e. The van der Waals surface area contributed by atoms with E-state index in [2.05, 4.69) is 22.9 Å². The molecule has 0 aliphatic heterocycles. The van der Waals surface area contributed by atoms with Crippen molar-refractivity contribution in [3.8, 4) is 5.75 Å². The van der Waals surface area contributed by atoms with Crippen molar-refractivity contribution in [1.82, 2.24) is 0 Å². The first-order chi connectivity index (χ1) is 17.5. The zero-order chi connectivity index (χ0) is 25.3. The van der Waals surface area contributed by atoms with Crippen molar-refractivity contribution >= 4 is 34.6 Å². The number of benzene rings is 4. The molecule has 0 bridgehead atoms. The third-order valence-corrected chi connectivity index (χ3v) is 5.65. The summed E-state index contributed by atoms with van der Waals surface area (Å²) in [5, 5.41) is 9.06. The van der Waals surface area contributed by atoms with E-state index in [1.807, 2.05) is 61.5 Å². The number of hydrogen-bond acceptors (Lipinski definition) is 4. The largest absolute Gasteiger partial charge is 0.491 e. The van der Waals surface area contributed by atoms with Crippen LogP contribution in [-0.4, -0.2) is 17.9 Å². The minimum atomic E-state index is -0.313. The van der Waals surface area contributed by atoms with Crippen LogP contribution in [0.2, 0.25) is 0 Å². The Balaban J connectivity index is 1.40. The van der Waals surface area contributed by atoms with Crippen molar-refractivity contribution in [1.29, 1.82) is 0 Å². The first-order valence-electron chi connectivity index (χ1n) is 11.9. The number of amides is 2. The zero-order valence-corrected chi connectivity index (χ0v) is 20.3. The van der Waals surface area contributed by atoms with E-state index in [0.717, 1.165) is 17.8 Å². The van der Waals surface area contributed by atoms with Crippen molar-refractivity contribution in [2.75, 3.05) is 16.0 Å². The Hall–Kier alpha value is -4.58. The van der Waals surface area contributed by atoms with Crippen LogP contribution in [0.1, 0.15) is 41.0 Å². The molecule has 0 aliphatic rings. The molecule has 36 heavy (non-hydrogen) atoms. The van der Waals surface area contributed by atoms with Crippen LogP contribution in [0.4, 0.5) is 22.7 Å². The quantitative estimate of drug-likeness (QED) is 0.239. The fourth-order valence-electron chi connectivity index (χ4n) is 3.51. The Morgan fingerprint density at radius 2 is 1.31 bits per heavy atom.